The van der Waals surface area contributed by atoms with Gasteiger partial charge in [0, 0.05) is 66.8 Å². The highest BCUT2D eigenvalue weighted by Gasteiger charge is 2.26. The number of hydrogen-bond donors (Lipinski definition) is 2. The number of amides is 2. The van der Waals surface area contributed by atoms with Crippen molar-refractivity contribution < 1.29 is 9.59 Å². The van der Waals surface area contributed by atoms with Crippen LogP contribution in [0.3, 0.4) is 0 Å². The first-order valence-corrected chi connectivity index (χ1v) is 10.4. The lowest BCUT2D eigenvalue weighted by Gasteiger charge is -2.34. The van der Waals surface area contributed by atoms with Gasteiger partial charge in [0.15, 0.2) is 0 Å². The Morgan fingerprint density at radius 1 is 0.767 bits per heavy atom. The molecule has 5 rings (SSSR count). The van der Waals surface area contributed by atoms with Gasteiger partial charge >= 0.3 is 0 Å². The molecule has 0 atom stereocenters. The lowest BCUT2D eigenvalue weighted by Crippen LogP contribution is -2.50. The second-order valence-corrected chi connectivity index (χ2v) is 7.78. The molecule has 1 saturated heterocycles. The number of benzene rings is 2. The van der Waals surface area contributed by atoms with E-state index in [1.165, 1.54) is 10.9 Å². The lowest BCUT2D eigenvalue weighted by molar-refractivity contribution is -0.132. The van der Waals surface area contributed by atoms with Crippen molar-refractivity contribution in [1.29, 1.82) is 0 Å². The van der Waals surface area contributed by atoms with Gasteiger partial charge in [0.1, 0.15) is 0 Å². The lowest BCUT2D eigenvalue weighted by atomic mass is 10.1. The zero-order valence-corrected chi connectivity index (χ0v) is 16.7. The van der Waals surface area contributed by atoms with Crippen LogP contribution in [0.25, 0.3) is 21.8 Å². The maximum absolute atomic E-state index is 13.0. The number of aromatic amines is 2. The van der Waals surface area contributed by atoms with Gasteiger partial charge in [-0.1, -0.05) is 36.4 Å². The summed E-state index contributed by atoms with van der Waals surface area (Å²) < 4.78 is 0. The van der Waals surface area contributed by atoms with Gasteiger partial charge in [0.2, 0.25) is 5.91 Å². The molecule has 1 fully saturated rings. The van der Waals surface area contributed by atoms with E-state index >= 15 is 0 Å². The molecule has 0 spiro atoms. The van der Waals surface area contributed by atoms with E-state index in [-0.39, 0.29) is 11.8 Å². The van der Waals surface area contributed by atoms with E-state index in [9.17, 15) is 9.59 Å². The van der Waals surface area contributed by atoms with E-state index in [2.05, 4.69) is 16.0 Å². The first kappa shape index (κ1) is 18.5. The summed E-state index contributed by atoms with van der Waals surface area (Å²) in [6.45, 7) is 2.30. The first-order valence-electron chi connectivity index (χ1n) is 10.4. The van der Waals surface area contributed by atoms with E-state index in [0.717, 1.165) is 22.8 Å². The fourth-order valence-corrected chi connectivity index (χ4v) is 4.32. The molecule has 1 aliphatic rings. The van der Waals surface area contributed by atoms with Gasteiger partial charge in [-0.25, -0.2) is 0 Å². The van der Waals surface area contributed by atoms with Gasteiger partial charge in [-0.05, 0) is 24.1 Å². The van der Waals surface area contributed by atoms with Crippen LogP contribution in [0.4, 0.5) is 0 Å². The smallest absolute Gasteiger partial charge is 0.256 e. The van der Waals surface area contributed by atoms with Crippen LogP contribution in [0.15, 0.2) is 60.9 Å². The molecule has 6 nitrogen and oxygen atoms in total. The van der Waals surface area contributed by atoms with E-state index in [4.69, 9.17) is 0 Å². The highest BCUT2D eigenvalue weighted by atomic mass is 16.2. The van der Waals surface area contributed by atoms with Crippen molar-refractivity contribution in [2.24, 2.45) is 0 Å². The molecule has 2 aromatic carbocycles. The Bertz CT molecular complexity index is 1210. The summed E-state index contributed by atoms with van der Waals surface area (Å²) in [5, 5.41) is 2.12. The number of fused-ring (bicyclic) bond motifs is 2. The molecule has 2 N–H and O–H groups in total. The zero-order chi connectivity index (χ0) is 20.5. The monoisotopic (exact) mass is 400 g/mol. The van der Waals surface area contributed by atoms with Gasteiger partial charge in [-0.15, -0.1) is 0 Å². The number of piperazine rings is 1. The third-order valence-electron chi connectivity index (χ3n) is 6.02. The molecule has 6 heteroatoms. The normalized spacial score (nSPS) is 14.5. The minimum atomic E-state index is 0.0262. The van der Waals surface area contributed by atoms with Crippen LogP contribution < -0.4 is 0 Å². The SMILES string of the molecule is O=C(CCc1c[nH]c2ccccc12)N1CCN(C(=O)c2c[nH]c3ccccc23)CC1. The Morgan fingerprint density at radius 2 is 1.37 bits per heavy atom. The van der Waals surface area contributed by atoms with Crippen LogP contribution in [0, 0.1) is 0 Å². The van der Waals surface area contributed by atoms with Crippen molar-refractivity contribution in [3.05, 3.63) is 72.1 Å². The van der Waals surface area contributed by atoms with Gasteiger partial charge in [0.05, 0.1) is 5.56 Å². The molecule has 1 aliphatic heterocycles. The number of nitrogens with one attached hydrogen (secondary N) is 2. The van der Waals surface area contributed by atoms with Crippen molar-refractivity contribution >= 4 is 33.6 Å². The maximum Gasteiger partial charge on any atom is 0.256 e. The second-order valence-electron chi connectivity index (χ2n) is 7.78. The standard InChI is InChI=1S/C24H24N4O2/c29-23(10-9-17-15-25-21-7-3-1-5-18(17)21)27-11-13-28(14-12-27)24(30)20-16-26-22-8-4-2-6-19(20)22/h1-8,15-16,25-26H,9-14H2. The fourth-order valence-electron chi connectivity index (χ4n) is 4.32. The summed E-state index contributed by atoms with van der Waals surface area (Å²) in [4.78, 5) is 35.8. The number of carbonyl (C=O) groups is 2. The first-order chi connectivity index (χ1) is 14.7. The number of para-hydroxylation sites is 2. The van der Waals surface area contributed by atoms with Crippen molar-refractivity contribution in [2.75, 3.05) is 26.2 Å². The van der Waals surface area contributed by atoms with Crippen molar-refractivity contribution in [1.82, 2.24) is 19.8 Å². The summed E-state index contributed by atoms with van der Waals surface area (Å²) in [5.41, 5.74) is 3.94. The largest absolute Gasteiger partial charge is 0.361 e. The molecule has 4 aromatic rings. The molecule has 2 aromatic heterocycles. The molecule has 2 amide bonds. The van der Waals surface area contributed by atoms with Crippen LogP contribution in [0.1, 0.15) is 22.3 Å². The molecule has 30 heavy (non-hydrogen) atoms. The Kier molecular flexibility index (Phi) is 4.75. The Balaban J connectivity index is 1.18. The number of rotatable bonds is 4. The van der Waals surface area contributed by atoms with E-state index in [1.807, 2.05) is 58.5 Å². The molecule has 0 bridgehead atoms. The van der Waals surface area contributed by atoms with Gasteiger partial charge in [0.25, 0.3) is 5.91 Å². The van der Waals surface area contributed by atoms with Crippen molar-refractivity contribution in [3.63, 3.8) is 0 Å². The average molecular weight is 400 g/mol. The van der Waals surface area contributed by atoms with E-state index in [1.54, 1.807) is 6.20 Å². The molecular weight excluding hydrogens is 376 g/mol. The van der Waals surface area contributed by atoms with Crippen LogP contribution >= 0.6 is 0 Å². The third kappa shape index (κ3) is 3.34. The van der Waals surface area contributed by atoms with Crippen molar-refractivity contribution in [3.8, 4) is 0 Å². The van der Waals surface area contributed by atoms with Crippen molar-refractivity contribution in [2.45, 2.75) is 12.8 Å². The van der Waals surface area contributed by atoms with Crippen LogP contribution in [0.5, 0.6) is 0 Å². The highest BCUT2D eigenvalue weighted by molar-refractivity contribution is 6.06. The summed E-state index contributed by atoms with van der Waals surface area (Å²) >= 11 is 0. The predicted octanol–water partition coefficient (Wildman–Crippen LogP) is 3.57. The Labute approximate surface area is 174 Å². The van der Waals surface area contributed by atoms with Crippen LogP contribution in [0.2, 0.25) is 0 Å². The van der Waals surface area contributed by atoms with E-state index < -0.39 is 0 Å². The Hall–Kier alpha value is -3.54. The van der Waals surface area contributed by atoms with Crippen LogP contribution in [-0.2, 0) is 11.2 Å². The minimum absolute atomic E-state index is 0.0262. The highest BCUT2D eigenvalue weighted by Crippen LogP contribution is 2.21. The quantitative estimate of drug-likeness (QED) is 0.550. The molecule has 3 heterocycles. The zero-order valence-electron chi connectivity index (χ0n) is 16.7. The molecule has 0 unspecified atom stereocenters. The fraction of sp³-hybridized carbons (Fsp3) is 0.250. The summed E-state index contributed by atoms with van der Waals surface area (Å²) in [6.07, 6.45) is 4.98. The average Bonchev–Trinajstić information content (AvgIpc) is 3.41. The maximum atomic E-state index is 13.0. The molecule has 152 valence electrons. The summed E-state index contributed by atoms with van der Waals surface area (Å²) in [5.74, 6) is 0.179. The number of nitrogens with zero attached hydrogens (tertiary/aromatic N) is 2. The van der Waals surface area contributed by atoms with Crippen LogP contribution in [-0.4, -0.2) is 57.8 Å². The summed E-state index contributed by atoms with van der Waals surface area (Å²) in [7, 11) is 0. The number of aromatic nitrogens is 2. The molecule has 0 saturated carbocycles. The second kappa shape index (κ2) is 7.71. The molecular formula is C24H24N4O2. The number of H-pyrrole nitrogens is 2. The number of hydrogen-bond acceptors (Lipinski definition) is 2. The number of carbonyl (C=O) groups excluding carboxylic acids is 2. The third-order valence-corrected chi connectivity index (χ3v) is 6.02. The molecule has 0 radical (unpaired) electrons. The minimum Gasteiger partial charge on any atom is -0.361 e. The number of aryl methyl sites for hydroxylation is 1. The van der Waals surface area contributed by atoms with Gasteiger partial charge in [-0.3, -0.25) is 9.59 Å². The Morgan fingerprint density at radius 3 is 2.13 bits per heavy atom. The molecule has 0 aliphatic carbocycles. The van der Waals surface area contributed by atoms with Gasteiger partial charge in [-0.2, -0.15) is 0 Å². The topological polar surface area (TPSA) is 72.2 Å². The van der Waals surface area contributed by atoms with Gasteiger partial charge < -0.3 is 19.8 Å². The summed E-state index contributed by atoms with van der Waals surface area (Å²) in [6, 6.07) is 16.0. The van der Waals surface area contributed by atoms with E-state index in [0.29, 0.717) is 38.2 Å². The predicted molar refractivity (Wildman–Crippen MR) is 117 cm³/mol.